The van der Waals surface area contributed by atoms with Crippen molar-refractivity contribution in [2.45, 2.75) is 32.9 Å². The van der Waals surface area contributed by atoms with Gasteiger partial charge in [0.05, 0.1) is 6.26 Å². The van der Waals surface area contributed by atoms with Gasteiger partial charge in [0.15, 0.2) is 6.10 Å². The van der Waals surface area contributed by atoms with E-state index in [2.05, 4.69) is 4.90 Å². The first kappa shape index (κ1) is 14.7. The van der Waals surface area contributed by atoms with Gasteiger partial charge in [0.1, 0.15) is 5.76 Å². The molecule has 0 aliphatic rings. The van der Waals surface area contributed by atoms with E-state index in [0.717, 1.165) is 17.9 Å². The normalized spacial score (nSPS) is 12.9. The second-order valence-corrected chi connectivity index (χ2v) is 4.31. The fraction of sp³-hybridized carbons (Fsp3) is 0.615. The van der Waals surface area contributed by atoms with Crippen LogP contribution < -0.4 is 0 Å². The lowest BCUT2D eigenvalue weighted by atomic mass is 10.2. The molecule has 0 amide bonds. The Kier molecular flexibility index (Phi) is 5.88. The number of ether oxygens (including phenoxy) is 1. The molecule has 0 bridgehead atoms. The van der Waals surface area contributed by atoms with E-state index >= 15 is 0 Å². The molecule has 0 saturated carbocycles. The Balaban J connectivity index is 2.38. The van der Waals surface area contributed by atoms with Gasteiger partial charge in [0.2, 0.25) is 0 Å². The summed E-state index contributed by atoms with van der Waals surface area (Å²) in [5.74, 6) is 0.00573. The van der Waals surface area contributed by atoms with Gasteiger partial charge in [-0.3, -0.25) is 0 Å². The van der Waals surface area contributed by atoms with Gasteiger partial charge in [-0.15, -0.1) is 0 Å². The summed E-state index contributed by atoms with van der Waals surface area (Å²) in [6.45, 7) is 5.56. The second-order valence-electron chi connectivity index (χ2n) is 4.31. The molecule has 1 heterocycles. The molecular formula is C13H21NO4. The van der Waals surface area contributed by atoms with Crippen molar-refractivity contribution in [1.29, 1.82) is 0 Å². The highest BCUT2D eigenvalue weighted by molar-refractivity contribution is 5.72. The molecule has 0 radical (unpaired) electrons. The van der Waals surface area contributed by atoms with E-state index in [1.54, 1.807) is 13.2 Å². The average molecular weight is 255 g/mol. The van der Waals surface area contributed by atoms with Crippen LogP contribution in [0, 0.1) is 6.92 Å². The second kappa shape index (κ2) is 7.18. The molecular weight excluding hydrogens is 234 g/mol. The molecule has 1 aromatic rings. The van der Waals surface area contributed by atoms with E-state index in [1.807, 2.05) is 20.0 Å². The molecule has 18 heavy (non-hydrogen) atoms. The molecule has 102 valence electrons. The topological polar surface area (TPSA) is 62.9 Å². The molecule has 0 aliphatic heterocycles. The number of furan rings is 1. The SMILES string of the molecule is CCOC(CCN(C)Cc1ccoc1C)C(=O)O. The van der Waals surface area contributed by atoms with E-state index in [0.29, 0.717) is 19.6 Å². The standard InChI is InChI=1S/C13H21NO4/c1-4-17-12(13(15)16)5-7-14(3)9-11-6-8-18-10(11)2/h6,8,12H,4-5,7,9H2,1-3H3,(H,15,16). The quantitative estimate of drug-likeness (QED) is 0.768. The van der Waals surface area contributed by atoms with Gasteiger partial charge in [0, 0.05) is 25.3 Å². The first-order valence-corrected chi connectivity index (χ1v) is 6.10. The maximum atomic E-state index is 10.9. The molecule has 5 nitrogen and oxygen atoms in total. The Morgan fingerprint density at radius 1 is 1.61 bits per heavy atom. The minimum Gasteiger partial charge on any atom is -0.479 e. The van der Waals surface area contributed by atoms with Crippen molar-refractivity contribution < 1.29 is 19.1 Å². The smallest absolute Gasteiger partial charge is 0.332 e. The number of hydrogen-bond acceptors (Lipinski definition) is 4. The van der Waals surface area contributed by atoms with Crippen LogP contribution in [0.15, 0.2) is 16.7 Å². The zero-order valence-corrected chi connectivity index (χ0v) is 11.2. The molecule has 1 atom stereocenters. The van der Waals surface area contributed by atoms with Crippen molar-refractivity contribution in [3.05, 3.63) is 23.7 Å². The summed E-state index contributed by atoms with van der Waals surface area (Å²) in [7, 11) is 1.96. The van der Waals surface area contributed by atoms with Crippen LogP contribution in [0.2, 0.25) is 0 Å². The fourth-order valence-corrected chi connectivity index (χ4v) is 1.76. The van der Waals surface area contributed by atoms with Gasteiger partial charge < -0.3 is 19.2 Å². The molecule has 1 N–H and O–H groups in total. The summed E-state index contributed by atoms with van der Waals surface area (Å²) >= 11 is 0. The summed E-state index contributed by atoms with van der Waals surface area (Å²) in [6, 6.07) is 1.93. The van der Waals surface area contributed by atoms with Gasteiger partial charge in [-0.05, 0) is 33.4 Å². The zero-order valence-electron chi connectivity index (χ0n) is 11.2. The van der Waals surface area contributed by atoms with Crippen LogP contribution in [0.5, 0.6) is 0 Å². The molecule has 0 aliphatic carbocycles. The third-order valence-electron chi connectivity index (χ3n) is 2.82. The predicted octanol–water partition coefficient (Wildman–Crippen LogP) is 1.90. The molecule has 0 saturated heterocycles. The first-order valence-electron chi connectivity index (χ1n) is 6.10. The molecule has 5 heteroatoms. The number of aryl methyl sites for hydroxylation is 1. The minimum atomic E-state index is -0.898. The zero-order chi connectivity index (χ0) is 13.5. The Hall–Kier alpha value is -1.33. The van der Waals surface area contributed by atoms with Crippen molar-refractivity contribution >= 4 is 5.97 Å². The number of aliphatic carboxylic acids is 1. The third-order valence-corrected chi connectivity index (χ3v) is 2.82. The Bertz CT molecular complexity index is 375. The maximum Gasteiger partial charge on any atom is 0.332 e. The lowest BCUT2D eigenvalue weighted by Gasteiger charge is -2.19. The lowest BCUT2D eigenvalue weighted by Crippen LogP contribution is -2.29. The summed E-state index contributed by atoms with van der Waals surface area (Å²) < 4.78 is 10.4. The number of carbonyl (C=O) groups is 1. The van der Waals surface area contributed by atoms with Crippen LogP contribution in [-0.4, -0.2) is 42.3 Å². The number of hydrogen-bond donors (Lipinski definition) is 1. The third kappa shape index (κ3) is 4.50. The Morgan fingerprint density at radius 3 is 2.83 bits per heavy atom. The van der Waals surface area contributed by atoms with Gasteiger partial charge >= 0.3 is 5.97 Å². The van der Waals surface area contributed by atoms with Crippen LogP contribution >= 0.6 is 0 Å². The molecule has 1 unspecified atom stereocenters. The van der Waals surface area contributed by atoms with Crippen LogP contribution in [0.4, 0.5) is 0 Å². The summed E-state index contributed by atoms with van der Waals surface area (Å²) in [6.07, 6.45) is 1.43. The summed E-state index contributed by atoms with van der Waals surface area (Å²) in [4.78, 5) is 13.0. The fourth-order valence-electron chi connectivity index (χ4n) is 1.76. The molecule has 1 rings (SSSR count). The number of rotatable bonds is 8. The van der Waals surface area contributed by atoms with E-state index in [9.17, 15) is 4.79 Å². The monoisotopic (exact) mass is 255 g/mol. The van der Waals surface area contributed by atoms with Gasteiger partial charge in [-0.1, -0.05) is 0 Å². The predicted molar refractivity (Wildman–Crippen MR) is 67.4 cm³/mol. The number of nitrogens with zero attached hydrogens (tertiary/aromatic N) is 1. The van der Waals surface area contributed by atoms with Crippen molar-refractivity contribution in [3.63, 3.8) is 0 Å². The van der Waals surface area contributed by atoms with E-state index in [-0.39, 0.29) is 0 Å². The average Bonchev–Trinajstić information content (AvgIpc) is 2.70. The van der Waals surface area contributed by atoms with Gasteiger partial charge in [-0.2, -0.15) is 0 Å². The van der Waals surface area contributed by atoms with Crippen LogP contribution in [-0.2, 0) is 16.1 Å². The maximum absolute atomic E-state index is 10.9. The van der Waals surface area contributed by atoms with E-state index in [4.69, 9.17) is 14.3 Å². The van der Waals surface area contributed by atoms with Crippen LogP contribution in [0.25, 0.3) is 0 Å². The highest BCUT2D eigenvalue weighted by atomic mass is 16.5. The number of carboxylic acids is 1. The summed E-state index contributed by atoms with van der Waals surface area (Å²) in [5, 5.41) is 8.96. The van der Waals surface area contributed by atoms with Crippen molar-refractivity contribution in [2.24, 2.45) is 0 Å². The summed E-state index contributed by atoms with van der Waals surface area (Å²) in [5.41, 5.74) is 1.13. The molecule has 0 aromatic carbocycles. The Labute approximate surface area is 107 Å². The van der Waals surface area contributed by atoms with Crippen LogP contribution in [0.3, 0.4) is 0 Å². The molecule has 0 spiro atoms. The minimum absolute atomic E-state index is 0.418. The Morgan fingerprint density at radius 2 is 2.33 bits per heavy atom. The van der Waals surface area contributed by atoms with Crippen molar-refractivity contribution in [1.82, 2.24) is 4.90 Å². The van der Waals surface area contributed by atoms with Crippen molar-refractivity contribution in [3.8, 4) is 0 Å². The van der Waals surface area contributed by atoms with Crippen LogP contribution in [0.1, 0.15) is 24.7 Å². The van der Waals surface area contributed by atoms with Gasteiger partial charge in [-0.25, -0.2) is 4.79 Å². The first-order chi connectivity index (χ1) is 8.54. The van der Waals surface area contributed by atoms with Crippen molar-refractivity contribution in [2.75, 3.05) is 20.2 Å². The lowest BCUT2D eigenvalue weighted by molar-refractivity contribution is -0.150. The number of carboxylic acid groups (broad SMARTS) is 1. The largest absolute Gasteiger partial charge is 0.479 e. The highest BCUT2D eigenvalue weighted by Crippen LogP contribution is 2.11. The van der Waals surface area contributed by atoms with E-state index < -0.39 is 12.1 Å². The van der Waals surface area contributed by atoms with Gasteiger partial charge in [0.25, 0.3) is 0 Å². The highest BCUT2D eigenvalue weighted by Gasteiger charge is 2.18. The molecule has 0 fully saturated rings. The van der Waals surface area contributed by atoms with E-state index in [1.165, 1.54) is 0 Å². The molecule has 1 aromatic heterocycles.